The molecule has 0 unspecified atom stereocenters. The summed E-state index contributed by atoms with van der Waals surface area (Å²) >= 11 is 1.42. The van der Waals surface area contributed by atoms with Crippen molar-refractivity contribution in [1.29, 1.82) is 0 Å². The second-order valence-electron chi connectivity index (χ2n) is 2.99. The minimum absolute atomic E-state index is 0.0122. The second kappa shape index (κ2) is 3.38. The van der Waals surface area contributed by atoms with Crippen LogP contribution in [0.15, 0.2) is 23.0 Å². The smallest absolute Gasteiger partial charge is 0.208 e. The average Bonchev–Trinajstić information content (AvgIpc) is 2.73. The number of nitrogens with zero attached hydrogens (tertiary/aromatic N) is 1. The molecule has 0 aromatic carbocycles. The molecule has 2 rings (SSSR count). The zero-order valence-electron chi connectivity index (χ0n) is 7.90. The molecule has 2 aromatic heterocycles. The Kier molecular flexibility index (Phi) is 2.21. The molecular formula is C10H9NO2S. The molecule has 0 amide bonds. The van der Waals surface area contributed by atoms with Crippen LogP contribution in [-0.2, 0) is 0 Å². The van der Waals surface area contributed by atoms with E-state index in [9.17, 15) is 4.79 Å². The Bertz CT molecular complexity index is 456. The van der Waals surface area contributed by atoms with Gasteiger partial charge in [0.15, 0.2) is 0 Å². The van der Waals surface area contributed by atoms with Gasteiger partial charge in [-0.05, 0) is 19.9 Å². The summed E-state index contributed by atoms with van der Waals surface area (Å²) in [7, 11) is 0. The summed E-state index contributed by atoms with van der Waals surface area (Å²) in [5.74, 6) is -0.0122. The summed E-state index contributed by atoms with van der Waals surface area (Å²) in [6.07, 6.45) is 2.95. The van der Waals surface area contributed by atoms with Crippen LogP contribution in [0.1, 0.15) is 25.9 Å². The molecular weight excluding hydrogens is 198 g/mol. The molecule has 0 saturated heterocycles. The van der Waals surface area contributed by atoms with Gasteiger partial charge in [0, 0.05) is 0 Å². The summed E-state index contributed by atoms with van der Waals surface area (Å²) in [5, 5.41) is 0.911. The molecule has 3 nitrogen and oxygen atoms in total. The van der Waals surface area contributed by atoms with Crippen LogP contribution >= 0.6 is 11.3 Å². The Labute approximate surface area is 85.4 Å². The zero-order valence-corrected chi connectivity index (χ0v) is 8.72. The molecule has 0 aliphatic rings. The van der Waals surface area contributed by atoms with E-state index in [-0.39, 0.29) is 5.78 Å². The number of hydrogen-bond donors (Lipinski definition) is 0. The van der Waals surface area contributed by atoms with Gasteiger partial charge in [0.1, 0.15) is 6.26 Å². The zero-order chi connectivity index (χ0) is 10.1. The molecule has 0 aliphatic carbocycles. The molecule has 0 atom stereocenters. The number of rotatable bonds is 2. The van der Waals surface area contributed by atoms with Crippen molar-refractivity contribution in [3.8, 4) is 0 Å². The predicted octanol–water partition coefficient (Wildman–Crippen LogP) is 2.58. The van der Waals surface area contributed by atoms with Crippen LogP contribution in [0.5, 0.6) is 0 Å². The Morgan fingerprint density at radius 3 is 2.79 bits per heavy atom. The number of ketones is 1. The van der Waals surface area contributed by atoms with Gasteiger partial charge < -0.3 is 4.42 Å². The lowest BCUT2D eigenvalue weighted by molar-refractivity contribution is 0.104. The van der Waals surface area contributed by atoms with Crippen LogP contribution in [0.2, 0.25) is 0 Å². The molecule has 0 N–H and O–H groups in total. The van der Waals surface area contributed by atoms with Gasteiger partial charge in [-0.3, -0.25) is 4.79 Å². The fourth-order valence-electron chi connectivity index (χ4n) is 1.27. The molecule has 0 radical (unpaired) electrons. The van der Waals surface area contributed by atoms with E-state index in [0.717, 1.165) is 10.7 Å². The lowest BCUT2D eigenvalue weighted by Gasteiger charge is -1.92. The first-order valence-electron chi connectivity index (χ1n) is 4.19. The van der Waals surface area contributed by atoms with Gasteiger partial charge in [-0.1, -0.05) is 0 Å². The molecule has 0 saturated carbocycles. The fraction of sp³-hybridized carbons (Fsp3) is 0.200. The van der Waals surface area contributed by atoms with Crippen molar-refractivity contribution in [2.75, 3.05) is 0 Å². The standard InChI is InChI=1S/C10H9NO2S/c1-6-10(14-7(2)11-6)9(12)8-3-4-13-5-8/h3-5H,1-2H3. The van der Waals surface area contributed by atoms with E-state index >= 15 is 0 Å². The SMILES string of the molecule is Cc1nc(C)c(C(=O)c2ccoc2)s1. The third-order valence-electron chi connectivity index (χ3n) is 1.89. The lowest BCUT2D eigenvalue weighted by atomic mass is 10.2. The minimum atomic E-state index is -0.0122. The number of thiazole rings is 1. The Morgan fingerprint density at radius 1 is 1.50 bits per heavy atom. The van der Waals surface area contributed by atoms with Gasteiger partial charge in [-0.15, -0.1) is 11.3 Å². The van der Waals surface area contributed by atoms with Crippen molar-refractivity contribution in [3.05, 3.63) is 39.7 Å². The molecule has 4 heteroatoms. The van der Waals surface area contributed by atoms with Crippen molar-refractivity contribution in [1.82, 2.24) is 4.98 Å². The van der Waals surface area contributed by atoms with Crippen molar-refractivity contribution in [2.24, 2.45) is 0 Å². The quantitative estimate of drug-likeness (QED) is 0.711. The van der Waals surface area contributed by atoms with E-state index in [4.69, 9.17) is 4.42 Å². The highest BCUT2D eigenvalue weighted by molar-refractivity contribution is 7.14. The van der Waals surface area contributed by atoms with Crippen LogP contribution in [0.4, 0.5) is 0 Å². The first-order chi connectivity index (χ1) is 6.68. The summed E-state index contributed by atoms with van der Waals surface area (Å²) < 4.78 is 4.87. The third kappa shape index (κ3) is 1.48. The molecule has 2 aromatic rings. The number of hydrogen-bond acceptors (Lipinski definition) is 4. The first-order valence-corrected chi connectivity index (χ1v) is 5.01. The number of furan rings is 1. The van der Waals surface area contributed by atoms with Crippen molar-refractivity contribution in [3.63, 3.8) is 0 Å². The summed E-state index contributed by atoms with van der Waals surface area (Å²) in [5.41, 5.74) is 1.37. The van der Waals surface area contributed by atoms with Gasteiger partial charge >= 0.3 is 0 Å². The van der Waals surface area contributed by atoms with E-state index in [2.05, 4.69) is 4.98 Å². The predicted molar refractivity (Wildman–Crippen MR) is 53.7 cm³/mol. The van der Waals surface area contributed by atoms with E-state index in [1.807, 2.05) is 13.8 Å². The van der Waals surface area contributed by atoms with E-state index in [0.29, 0.717) is 10.4 Å². The van der Waals surface area contributed by atoms with Crippen molar-refractivity contribution >= 4 is 17.1 Å². The highest BCUT2D eigenvalue weighted by Gasteiger charge is 2.16. The van der Waals surface area contributed by atoms with Crippen LogP contribution < -0.4 is 0 Å². The van der Waals surface area contributed by atoms with Gasteiger partial charge in [0.05, 0.1) is 27.4 Å². The van der Waals surface area contributed by atoms with Gasteiger partial charge in [0.2, 0.25) is 5.78 Å². The van der Waals surface area contributed by atoms with E-state index in [1.165, 1.54) is 23.9 Å². The second-order valence-corrected chi connectivity index (χ2v) is 4.19. The van der Waals surface area contributed by atoms with Crippen molar-refractivity contribution in [2.45, 2.75) is 13.8 Å². The number of aryl methyl sites for hydroxylation is 2. The van der Waals surface area contributed by atoms with Crippen LogP contribution in [0.3, 0.4) is 0 Å². The Morgan fingerprint density at radius 2 is 2.29 bits per heavy atom. The molecule has 0 fully saturated rings. The van der Waals surface area contributed by atoms with Crippen molar-refractivity contribution < 1.29 is 9.21 Å². The third-order valence-corrected chi connectivity index (χ3v) is 2.96. The molecule has 72 valence electrons. The maximum atomic E-state index is 11.9. The summed E-state index contributed by atoms with van der Waals surface area (Å²) in [6, 6.07) is 1.66. The van der Waals surface area contributed by atoms with E-state index in [1.54, 1.807) is 6.07 Å². The molecule has 0 spiro atoms. The molecule has 0 bridgehead atoms. The normalized spacial score (nSPS) is 10.4. The Hall–Kier alpha value is -1.42. The Balaban J connectivity index is 2.41. The lowest BCUT2D eigenvalue weighted by Crippen LogP contribution is -1.98. The highest BCUT2D eigenvalue weighted by Crippen LogP contribution is 2.20. The maximum absolute atomic E-state index is 11.9. The topological polar surface area (TPSA) is 43.1 Å². The first kappa shape index (κ1) is 9.15. The summed E-state index contributed by atoms with van der Waals surface area (Å²) in [4.78, 5) is 16.8. The van der Waals surface area contributed by atoms with Gasteiger partial charge in [0.25, 0.3) is 0 Å². The summed E-state index contributed by atoms with van der Waals surface area (Å²) in [6.45, 7) is 3.74. The monoisotopic (exact) mass is 207 g/mol. The van der Waals surface area contributed by atoms with Gasteiger partial charge in [-0.2, -0.15) is 0 Å². The fourth-order valence-corrected chi connectivity index (χ4v) is 2.15. The highest BCUT2D eigenvalue weighted by atomic mass is 32.1. The van der Waals surface area contributed by atoms with Crippen LogP contribution in [0.25, 0.3) is 0 Å². The average molecular weight is 207 g/mol. The molecule has 2 heterocycles. The van der Waals surface area contributed by atoms with Crippen LogP contribution in [-0.4, -0.2) is 10.8 Å². The van der Waals surface area contributed by atoms with Crippen LogP contribution in [0, 0.1) is 13.8 Å². The maximum Gasteiger partial charge on any atom is 0.208 e. The number of carbonyl (C=O) groups excluding carboxylic acids is 1. The largest absolute Gasteiger partial charge is 0.472 e. The minimum Gasteiger partial charge on any atom is -0.472 e. The molecule has 0 aliphatic heterocycles. The number of aromatic nitrogens is 1. The van der Waals surface area contributed by atoms with E-state index < -0.39 is 0 Å². The van der Waals surface area contributed by atoms with Gasteiger partial charge in [-0.25, -0.2) is 4.98 Å². The molecule has 14 heavy (non-hydrogen) atoms. The number of carbonyl (C=O) groups is 1.